The summed E-state index contributed by atoms with van der Waals surface area (Å²) in [5.74, 6) is 0.0539. The smallest absolute Gasteiger partial charge is 0.292 e. The number of amides is 1. The van der Waals surface area contributed by atoms with Gasteiger partial charge in [0.25, 0.3) is 5.91 Å². The monoisotopic (exact) mass is 213 g/mol. The molecule has 79 valence electrons. The van der Waals surface area contributed by atoms with Gasteiger partial charge in [0.05, 0.1) is 0 Å². The number of hydrogen-bond acceptors (Lipinski definition) is 3. The highest BCUT2D eigenvalue weighted by Gasteiger charge is 2.11. The average molecular weight is 213 g/mol. The summed E-state index contributed by atoms with van der Waals surface area (Å²) in [5.41, 5.74) is 7.06. The van der Waals surface area contributed by atoms with E-state index in [4.69, 9.17) is 10.5 Å². The van der Waals surface area contributed by atoms with Gasteiger partial charge in [0.2, 0.25) is 0 Å². The van der Waals surface area contributed by atoms with E-state index in [1.54, 1.807) is 24.3 Å². The van der Waals surface area contributed by atoms with E-state index < -0.39 is 5.91 Å². The number of pyridine rings is 1. The van der Waals surface area contributed by atoms with Crippen LogP contribution in [0, 0.1) is 0 Å². The van der Waals surface area contributed by atoms with Crippen molar-refractivity contribution in [2.24, 2.45) is 0 Å². The molecule has 4 nitrogen and oxygen atoms in total. The number of para-hydroxylation sites is 1. The second kappa shape index (κ2) is 4.44. The van der Waals surface area contributed by atoms with Crippen molar-refractivity contribution in [1.29, 1.82) is 0 Å². The Morgan fingerprint density at radius 3 is 2.56 bits per heavy atom. The predicted molar refractivity (Wildman–Crippen MR) is 58.2 cm³/mol. The molecule has 2 rings (SSSR count). The first-order valence-electron chi connectivity index (χ1n) is 4.71. The predicted octanol–water partition coefficient (Wildman–Crippen LogP) is 2.30. The number of rotatable bonds is 3. The molecule has 1 radical (unpaired) electrons. The quantitative estimate of drug-likeness (QED) is 0.785. The Kier molecular flexibility index (Phi) is 2.82. The van der Waals surface area contributed by atoms with Crippen molar-refractivity contribution in [1.82, 2.24) is 10.7 Å². The Morgan fingerprint density at radius 2 is 1.88 bits per heavy atom. The van der Waals surface area contributed by atoms with Crippen LogP contribution in [-0.2, 0) is 0 Å². The third-order valence-corrected chi connectivity index (χ3v) is 1.96. The topological polar surface area (TPSA) is 63.0 Å². The summed E-state index contributed by atoms with van der Waals surface area (Å²) in [4.78, 5) is 14.8. The first kappa shape index (κ1) is 10.2. The van der Waals surface area contributed by atoms with Crippen LogP contribution in [0.5, 0.6) is 11.5 Å². The van der Waals surface area contributed by atoms with Crippen LogP contribution in [0.4, 0.5) is 0 Å². The summed E-state index contributed by atoms with van der Waals surface area (Å²) in [5, 5.41) is 0. The van der Waals surface area contributed by atoms with E-state index in [0.29, 0.717) is 11.5 Å². The molecule has 0 saturated heterocycles. The number of nitrogens with zero attached hydrogens (tertiary/aromatic N) is 1. The number of benzene rings is 1. The number of ether oxygens (including phenoxy) is 1. The van der Waals surface area contributed by atoms with Crippen molar-refractivity contribution in [3.63, 3.8) is 0 Å². The molecule has 1 heterocycles. The maximum absolute atomic E-state index is 11.0. The van der Waals surface area contributed by atoms with Crippen LogP contribution in [0.3, 0.4) is 0 Å². The van der Waals surface area contributed by atoms with Crippen molar-refractivity contribution in [2.45, 2.75) is 0 Å². The van der Waals surface area contributed by atoms with Gasteiger partial charge in [0, 0.05) is 6.20 Å². The minimum atomic E-state index is -0.855. The second-order valence-corrected chi connectivity index (χ2v) is 3.09. The van der Waals surface area contributed by atoms with Crippen molar-refractivity contribution in [2.75, 3.05) is 0 Å². The highest BCUT2D eigenvalue weighted by Crippen LogP contribution is 2.23. The lowest BCUT2D eigenvalue weighted by Gasteiger charge is -2.07. The lowest BCUT2D eigenvalue weighted by Crippen LogP contribution is -2.04. The lowest BCUT2D eigenvalue weighted by molar-refractivity contribution is 0.0985. The molecule has 0 bridgehead atoms. The minimum Gasteiger partial charge on any atom is -0.455 e. The average Bonchev–Trinajstić information content (AvgIpc) is 2.31. The third kappa shape index (κ3) is 2.17. The molecule has 0 aliphatic carbocycles. The Hall–Kier alpha value is -2.36. The van der Waals surface area contributed by atoms with Crippen molar-refractivity contribution >= 4 is 5.91 Å². The van der Waals surface area contributed by atoms with Gasteiger partial charge in [-0.25, -0.2) is 4.98 Å². The number of nitrogens with one attached hydrogen (secondary N) is 1. The van der Waals surface area contributed by atoms with Crippen LogP contribution >= 0.6 is 0 Å². The maximum atomic E-state index is 11.0. The van der Waals surface area contributed by atoms with Crippen LogP contribution < -0.4 is 10.5 Å². The molecule has 0 aliphatic heterocycles. The zero-order valence-electron chi connectivity index (χ0n) is 8.38. The Morgan fingerprint density at radius 1 is 1.12 bits per heavy atom. The van der Waals surface area contributed by atoms with E-state index in [9.17, 15) is 4.79 Å². The molecule has 4 heteroatoms. The van der Waals surface area contributed by atoms with Gasteiger partial charge in [0.15, 0.2) is 11.4 Å². The summed E-state index contributed by atoms with van der Waals surface area (Å²) >= 11 is 0. The number of aromatic nitrogens is 1. The summed E-state index contributed by atoms with van der Waals surface area (Å²) in [6, 6.07) is 12.3. The van der Waals surface area contributed by atoms with Crippen LogP contribution in [-0.4, -0.2) is 10.9 Å². The third-order valence-electron chi connectivity index (χ3n) is 1.96. The SMILES string of the molecule is [NH]C(=O)c1ncccc1Oc1ccccc1. The molecule has 2 aromatic rings. The van der Waals surface area contributed by atoms with Gasteiger partial charge in [-0.15, -0.1) is 0 Å². The fourth-order valence-electron chi connectivity index (χ4n) is 1.26. The zero-order chi connectivity index (χ0) is 11.4. The fraction of sp³-hybridized carbons (Fsp3) is 0. The molecule has 0 fully saturated rings. The van der Waals surface area contributed by atoms with Crippen LogP contribution in [0.25, 0.3) is 0 Å². The summed E-state index contributed by atoms with van der Waals surface area (Å²) in [6.45, 7) is 0. The highest BCUT2D eigenvalue weighted by molar-refractivity contribution is 5.92. The molecule has 1 aromatic carbocycles. The van der Waals surface area contributed by atoms with Gasteiger partial charge in [0.1, 0.15) is 5.75 Å². The zero-order valence-corrected chi connectivity index (χ0v) is 8.38. The van der Waals surface area contributed by atoms with Crippen LogP contribution in [0.1, 0.15) is 10.5 Å². The molecule has 0 aliphatic rings. The Balaban J connectivity index is 2.31. The molecule has 0 unspecified atom stereocenters. The number of carbonyl (C=O) groups excluding carboxylic acids is 1. The van der Waals surface area contributed by atoms with Gasteiger partial charge in [-0.1, -0.05) is 18.2 Å². The molecule has 1 N–H and O–H groups in total. The highest BCUT2D eigenvalue weighted by atomic mass is 16.5. The molecule has 16 heavy (non-hydrogen) atoms. The standard InChI is InChI=1S/C12H9N2O2/c13-12(15)11-10(7-4-8-14-11)16-9-5-2-1-3-6-9/h1-8,13H. The largest absolute Gasteiger partial charge is 0.455 e. The minimum absolute atomic E-state index is 0.0198. The van der Waals surface area contributed by atoms with E-state index in [0.717, 1.165) is 0 Å². The van der Waals surface area contributed by atoms with Gasteiger partial charge >= 0.3 is 0 Å². The van der Waals surface area contributed by atoms with Gasteiger partial charge in [-0.2, -0.15) is 0 Å². The summed E-state index contributed by atoms with van der Waals surface area (Å²) in [7, 11) is 0. The molecule has 0 spiro atoms. The maximum Gasteiger partial charge on any atom is 0.292 e. The van der Waals surface area contributed by atoms with Crippen LogP contribution in [0.15, 0.2) is 48.7 Å². The summed E-state index contributed by atoms with van der Waals surface area (Å²) in [6.07, 6.45) is 1.46. The lowest BCUT2D eigenvalue weighted by atomic mass is 10.3. The fourth-order valence-corrected chi connectivity index (χ4v) is 1.26. The van der Waals surface area contributed by atoms with Gasteiger partial charge in [-0.3, -0.25) is 10.5 Å². The van der Waals surface area contributed by atoms with E-state index in [2.05, 4.69) is 4.98 Å². The number of hydrogen-bond donors (Lipinski definition) is 0. The molecular formula is C12H9N2O2. The van der Waals surface area contributed by atoms with Gasteiger partial charge in [-0.05, 0) is 24.3 Å². The van der Waals surface area contributed by atoms with Crippen molar-refractivity contribution < 1.29 is 9.53 Å². The van der Waals surface area contributed by atoms with Crippen LogP contribution in [0.2, 0.25) is 0 Å². The molecule has 0 atom stereocenters. The van der Waals surface area contributed by atoms with Gasteiger partial charge < -0.3 is 4.74 Å². The second-order valence-electron chi connectivity index (χ2n) is 3.09. The van der Waals surface area contributed by atoms with Crippen molar-refractivity contribution in [3.05, 3.63) is 54.4 Å². The Bertz CT molecular complexity index is 497. The molecular weight excluding hydrogens is 204 g/mol. The molecule has 1 amide bonds. The first-order valence-corrected chi connectivity index (χ1v) is 4.71. The van der Waals surface area contributed by atoms with E-state index in [1.807, 2.05) is 18.2 Å². The van der Waals surface area contributed by atoms with E-state index >= 15 is 0 Å². The van der Waals surface area contributed by atoms with Crippen molar-refractivity contribution in [3.8, 4) is 11.5 Å². The molecule has 1 aromatic heterocycles. The Labute approximate surface area is 92.7 Å². The normalized spacial score (nSPS) is 9.75. The number of carbonyl (C=O) groups is 1. The van der Waals surface area contributed by atoms with E-state index in [1.165, 1.54) is 6.20 Å². The van der Waals surface area contributed by atoms with E-state index in [-0.39, 0.29) is 5.69 Å². The summed E-state index contributed by atoms with van der Waals surface area (Å²) < 4.78 is 5.47. The first-order chi connectivity index (χ1) is 7.77. The molecule has 0 saturated carbocycles.